The van der Waals surface area contributed by atoms with Crippen LogP contribution in [0.5, 0.6) is 0 Å². The zero-order chi connectivity index (χ0) is 14.1. The molecule has 2 N–H and O–H groups in total. The average Bonchev–Trinajstić information content (AvgIpc) is 2.39. The zero-order valence-electron chi connectivity index (χ0n) is 10.9. The second-order valence-electron chi connectivity index (χ2n) is 4.43. The van der Waals surface area contributed by atoms with Crippen LogP contribution in [0.15, 0.2) is 0 Å². The SMILES string of the molecule is O=C(O)COCC(=O)NCCC(=O)N1CCCCC1. The Balaban J connectivity index is 2.06. The van der Waals surface area contributed by atoms with Gasteiger partial charge in [0.05, 0.1) is 0 Å². The molecule has 1 aliphatic rings. The molecule has 1 saturated heterocycles. The highest BCUT2D eigenvalue weighted by molar-refractivity contribution is 5.80. The fourth-order valence-electron chi connectivity index (χ4n) is 1.89. The lowest BCUT2D eigenvalue weighted by molar-refractivity contribution is -0.143. The highest BCUT2D eigenvalue weighted by Gasteiger charge is 2.16. The van der Waals surface area contributed by atoms with E-state index >= 15 is 0 Å². The van der Waals surface area contributed by atoms with Crippen molar-refractivity contribution in [1.29, 1.82) is 0 Å². The highest BCUT2D eigenvalue weighted by atomic mass is 16.5. The molecule has 0 atom stereocenters. The Bertz CT molecular complexity index is 326. The van der Waals surface area contributed by atoms with Crippen molar-refractivity contribution in [3.8, 4) is 0 Å². The van der Waals surface area contributed by atoms with Crippen molar-refractivity contribution in [3.05, 3.63) is 0 Å². The Morgan fingerprint density at radius 1 is 1.11 bits per heavy atom. The van der Waals surface area contributed by atoms with Gasteiger partial charge < -0.3 is 20.1 Å². The molecule has 0 unspecified atom stereocenters. The fraction of sp³-hybridized carbons (Fsp3) is 0.750. The van der Waals surface area contributed by atoms with Gasteiger partial charge in [0.2, 0.25) is 11.8 Å². The first-order chi connectivity index (χ1) is 9.09. The van der Waals surface area contributed by atoms with E-state index in [4.69, 9.17) is 5.11 Å². The van der Waals surface area contributed by atoms with Gasteiger partial charge in [-0.2, -0.15) is 0 Å². The van der Waals surface area contributed by atoms with Gasteiger partial charge in [-0.1, -0.05) is 0 Å². The summed E-state index contributed by atoms with van der Waals surface area (Å²) < 4.78 is 4.62. The molecule has 0 bridgehead atoms. The van der Waals surface area contributed by atoms with Crippen LogP contribution in [-0.2, 0) is 19.1 Å². The van der Waals surface area contributed by atoms with Crippen molar-refractivity contribution in [2.75, 3.05) is 32.8 Å². The van der Waals surface area contributed by atoms with E-state index in [9.17, 15) is 14.4 Å². The molecule has 19 heavy (non-hydrogen) atoms. The fourth-order valence-corrected chi connectivity index (χ4v) is 1.89. The molecule has 7 heteroatoms. The Morgan fingerprint density at radius 2 is 1.79 bits per heavy atom. The summed E-state index contributed by atoms with van der Waals surface area (Å²) in [6.07, 6.45) is 3.52. The van der Waals surface area contributed by atoms with E-state index in [1.807, 2.05) is 4.90 Å². The summed E-state index contributed by atoms with van der Waals surface area (Å²) in [6, 6.07) is 0. The van der Waals surface area contributed by atoms with Crippen molar-refractivity contribution in [2.45, 2.75) is 25.7 Å². The number of nitrogens with zero attached hydrogens (tertiary/aromatic N) is 1. The molecule has 1 rings (SSSR count). The number of carbonyl (C=O) groups excluding carboxylic acids is 2. The molecule has 0 aliphatic carbocycles. The number of likely N-dealkylation sites (tertiary alicyclic amines) is 1. The van der Waals surface area contributed by atoms with Crippen LogP contribution in [-0.4, -0.2) is 60.6 Å². The number of aliphatic carboxylic acids is 1. The van der Waals surface area contributed by atoms with E-state index in [0.717, 1.165) is 25.9 Å². The number of ether oxygens (including phenoxy) is 1. The molecule has 108 valence electrons. The van der Waals surface area contributed by atoms with Gasteiger partial charge in [-0.05, 0) is 19.3 Å². The lowest BCUT2D eigenvalue weighted by Gasteiger charge is -2.26. The number of nitrogens with one attached hydrogen (secondary N) is 1. The molecule has 0 aromatic carbocycles. The van der Waals surface area contributed by atoms with Gasteiger partial charge in [0.1, 0.15) is 13.2 Å². The number of carboxylic acid groups (broad SMARTS) is 1. The third kappa shape index (κ3) is 6.76. The van der Waals surface area contributed by atoms with Crippen molar-refractivity contribution >= 4 is 17.8 Å². The maximum Gasteiger partial charge on any atom is 0.329 e. The first-order valence-electron chi connectivity index (χ1n) is 6.43. The van der Waals surface area contributed by atoms with Gasteiger partial charge in [0.15, 0.2) is 0 Å². The largest absolute Gasteiger partial charge is 0.480 e. The molecule has 0 radical (unpaired) electrons. The Morgan fingerprint density at radius 3 is 2.42 bits per heavy atom. The number of hydrogen-bond donors (Lipinski definition) is 2. The first-order valence-corrected chi connectivity index (χ1v) is 6.43. The van der Waals surface area contributed by atoms with Gasteiger partial charge in [0.25, 0.3) is 0 Å². The summed E-state index contributed by atoms with van der Waals surface area (Å²) in [5.41, 5.74) is 0. The standard InChI is InChI=1S/C12H20N2O5/c15-10(8-19-9-12(17)18)13-5-4-11(16)14-6-2-1-3-7-14/h1-9H2,(H,13,15)(H,17,18). The molecule has 2 amide bonds. The summed E-state index contributed by atoms with van der Waals surface area (Å²) in [5.74, 6) is -1.48. The monoisotopic (exact) mass is 272 g/mol. The molecule has 1 aliphatic heterocycles. The molecule has 0 aromatic heterocycles. The van der Waals surface area contributed by atoms with Crippen LogP contribution >= 0.6 is 0 Å². The van der Waals surface area contributed by atoms with E-state index in [1.54, 1.807) is 0 Å². The van der Waals surface area contributed by atoms with Crippen LogP contribution < -0.4 is 5.32 Å². The van der Waals surface area contributed by atoms with Crippen LogP contribution in [0.1, 0.15) is 25.7 Å². The Hall–Kier alpha value is -1.63. The molecule has 7 nitrogen and oxygen atoms in total. The Labute approximate surface area is 111 Å². The molecule has 1 fully saturated rings. The van der Waals surface area contributed by atoms with Crippen LogP contribution in [0.3, 0.4) is 0 Å². The molecule has 0 spiro atoms. The van der Waals surface area contributed by atoms with Crippen molar-refractivity contribution < 1.29 is 24.2 Å². The molecular weight excluding hydrogens is 252 g/mol. The number of amides is 2. The third-order valence-electron chi connectivity index (χ3n) is 2.83. The molecule has 1 heterocycles. The number of piperidine rings is 1. The third-order valence-corrected chi connectivity index (χ3v) is 2.83. The smallest absolute Gasteiger partial charge is 0.329 e. The normalized spacial score (nSPS) is 15.1. The summed E-state index contributed by atoms with van der Waals surface area (Å²) in [4.78, 5) is 34.9. The van der Waals surface area contributed by atoms with Gasteiger partial charge in [0, 0.05) is 26.1 Å². The maximum absolute atomic E-state index is 11.7. The highest BCUT2D eigenvalue weighted by Crippen LogP contribution is 2.09. The number of carbonyl (C=O) groups is 3. The van der Waals surface area contributed by atoms with E-state index < -0.39 is 18.5 Å². The molecule has 0 aromatic rings. The molecule has 0 saturated carbocycles. The lowest BCUT2D eigenvalue weighted by atomic mass is 10.1. The minimum Gasteiger partial charge on any atom is -0.480 e. The topological polar surface area (TPSA) is 95.9 Å². The van der Waals surface area contributed by atoms with Gasteiger partial charge in [-0.3, -0.25) is 9.59 Å². The summed E-state index contributed by atoms with van der Waals surface area (Å²) >= 11 is 0. The molecular formula is C12H20N2O5. The lowest BCUT2D eigenvalue weighted by Crippen LogP contribution is -2.38. The number of carboxylic acids is 1. The summed E-state index contributed by atoms with van der Waals surface area (Å²) in [6.45, 7) is 1.05. The Kier molecular flexibility index (Phi) is 6.88. The van der Waals surface area contributed by atoms with Gasteiger partial charge in [-0.15, -0.1) is 0 Å². The zero-order valence-corrected chi connectivity index (χ0v) is 10.9. The predicted octanol–water partition coefficient (Wildman–Crippen LogP) is -0.394. The van der Waals surface area contributed by atoms with Gasteiger partial charge >= 0.3 is 5.97 Å². The predicted molar refractivity (Wildman–Crippen MR) is 66.5 cm³/mol. The van der Waals surface area contributed by atoms with Crippen LogP contribution in [0.25, 0.3) is 0 Å². The van der Waals surface area contributed by atoms with E-state index in [0.29, 0.717) is 0 Å². The quantitative estimate of drug-likeness (QED) is 0.658. The number of hydrogen-bond acceptors (Lipinski definition) is 4. The van der Waals surface area contributed by atoms with Crippen LogP contribution in [0, 0.1) is 0 Å². The summed E-state index contributed by atoms with van der Waals surface area (Å²) in [5, 5.41) is 10.8. The maximum atomic E-state index is 11.7. The van der Waals surface area contributed by atoms with Crippen molar-refractivity contribution in [1.82, 2.24) is 10.2 Å². The van der Waals surface area contributed by atoms with Gasteiger partial charge in [-0.25, -0.2) is 4.79 Å². The minimum absolute atomic E-state index is 0.0476. The summed E-state index contributed by atoms with van der Waals surface area (Å²) in [7, 11) is 0. The van der Waals surface area contributed by atoms with E-state index in [1.165, 1.54) is 6.42 Å². The van der Waals surface area contributed by atoms with E-state index in [-0.39, 0.29) is 25.5 Å². The minimum atomic E-state index is -1.12. The second kappa shape index (κ2) is 8.47. The van der Waals surface area contributed by atoms with Crippen LogP contribution in [0.2, 0.25) is 0 Å². The van der Waals surface area contributed by atoms with Crippen LogP contribution in [0.4, 0.5) is 0 Å². The van der Waals surface area contributed by atoms with Crippen molar-refractivity contribution in [3.63, 3.8) is 0 Å². The van der Waals surface area contributed by atoms with E-state index in [2.05, 4.69) is 10.1 Å². The van der Waals surface area contributed by atoms with Crippen molar-refractivity contribution in [2.24, 2.45) is 0 Å². The second-order valence-corrected chi connectivity index (χ2v) is 4.43. The first kappa shape index (κ1) is 15.4. The number of rotatable bonds is 7. The average molecular weight is 272 g/mol.